The van der Waals surface area contributed by atoms with Gasteiger partial charge < -0.3 is 4.42 Å². The van der Waals surface area contributed by atoms with Crippen molar-refractivity contribution in [3.05, 3.63) is 33.4 Å². The molecule has 1 aromatic heterocycles. The molecule has 0 amide bonds. The van der Waals surface area contributed by atoms with Crippen molar-refractivity contribution in [3.63, 3.8) is 0 Å². The lowest BCUT2D eigenvalue weighted by Gasteiger charge is -2.02. The molecule has 0 atom stereocenters. The molecule has 0 saturated carbocycles. The number of aryl methyl sites for hydroxylation is 2. The largest absolute Gasteiger partial charge is 0.427 e. The SMILES string of the molecule is CCC(=O)c1c(C)cc(CC)oc1=O. The highest BCUT2D eigenvalue weighted by Crippen LogP contribution is 2.08. The van der Waals surface area contributed by atoms with Gasteiger partial charge in [-0.3, -0.25) is 4.79 Å². The first-order valence-electron chi connectivity index (χ1n) is 4.77. The van der Waals surface area contributed by atoms with Crippen molar-refractivity contribution in [1.82, 2.24) is 0 Å². The van der Waals surface area contributed by atoms with Crippen LogP contribution in [0.25, 0.3) is 0 Å². The molecule has 3 heteroatoms. The number of Topliss-reactive ketones (excluding diaryl/α,β-unsaturated/α-hetero) is 1. The van der Waals surface area contributed by atoms with Gasteiger partial charge in [0, 0.05) is 12.8 Å². The smallest absolute Gasteiger partial charge is 0.347 e. The van der Waals surface area contributed by atoms with E-state index in [2.05, 4.69) is 0 Å². The van der Waals surface area contributed by atoms with Crippen LogP contribution < -0.4 is 5.63 Å². The lowest BCUT2D eigenvalue weighted by atomic mass is 10.1. The van der Waals surface area contributed by atoms with Crippen LogP contribution in [0.15, 0.2) is 15.3 Å². The first kappa shape index (κ1) is 10.7. The molecule has 0 aliphatic rings. The van der Waals surface area contributed by atoms with Gasteiger partial charge in [-0.1, -0.05) is 13.8 Å². The summed E-state index contributed by atoms with van der Waals surface area (Å²) in [6.45, 7) is 5.40. The first-order chi connectivity index (χ1) is 6.60. The van der Waals surface area contributed by atoms with Gasteiger partial charge in [-0.15, -0.1) is 0 Å². The first-order valence-corrected chi connectivity index (χ1v) is 4.77. The Labute approximate surface area is 82.7 Å². The van der Waals surface area contributed by atoms with E-state index >= 15 is 0 Å². The maximum absolute atomic E-state index is 11.4. The number of ketones is 1. The fourth-order valence-corrected chi connectivity index (χ4v) is 1.36. The van der Waals surface area contributed by atoms with Crippen molar-refractivity contribution < 1.29 is 9.21 Å². The Bertz CT molecular complexity index is 401. The van der Waals surface area contributed by atoms with Crippen molar-refractivity contribution in [2.24, 2.45) is 0 Å². The van der Waals surface area contributed by atoms with Crippen molar-refractivity contribution in [3.8, 4) is 0 Å². The highest BCUT2D eigenvalue weighted by Gasteiger charge is 2.14. The predicted molar refractivity (Wildman–Crippen MR) is 53.7 cm³/mol. The molecule has 1 aromatic rings. The van der Waals surface area contributed by atoms with Gasteiger partial charge in [-0.2, -0.15) is 0 Å². The predicted octanol–water partition coefficient (Wildman–Crippen LogP) is 2.10. The third-order valence-corrected chi connectivity index (χ3v) is 2.15. The minimum atomic E-state index is -0.506. The Morgan fingerprint density at radius 3 is 2.50 bits per heavy atom. The van der Waals surface area contributed by atoms with Crippen LogP contribution in [0.5, 0.6) is 0 Å². The minimum Gasteiger partial charge on any atom is -0.427 e. The molecule has 0 unspecified atom stereocenters. The molecule has 0 N–H and O–H groups in total. The summed E-state index contributed by atoms with van der Waals surface area (Å²) in [6, 6.07) is 1.75. The maximum atomic E-state index is 11.4. The number of hydrogen-bond acceptors (Lipinski definition) is 3. The Morgan fingerprint density at radius 1 is 1.43 bits per heavy atom. The number of rotatable bonds is 3. The second-order valence-corrected chi connectivity index (χ2v) is 3.19. The summed E-state index contributed by atoms with van der Waals surface area (Å²) in [4.78, 5) is 22.8. The van der Waals surface area contributed by atoms with Gasteiger partial charge in [-0.05, 0) is 18.6 Å². The molecule has 76 valence electrons. The number of carbonyl (C=O) groups is 1. The van der Waals surface area contributed by atoms with E-state index in [-0.39, 0.29) is 11.3 Å². The molecule has 0 aromatic carbocycles. The summed E-state index contributed by atoms with van der Waals surface area (Å²) >= 11 is 0. The quantitative estimate of drug-likeness (QED) is 0.692. The van der Waals surface area contributed by atoms with Crippen molar-refractivity contribution in [2.45, 2.75) is 33.6 Å². The second kappa shape index (κ2) is 4.22. The van der Waals surface area contributed by atoms with E-state index in [9.17, 15) is 9.59 Å². The highest BCUT2D eigenvalue weighted by molar-refractivity contribution is 5.96. The van der Waals surface area contributed by atoms with Gasteiger partial charge in [0.25, 0.3) is 0 Å². The number of carbonyl (C=O) groups excluding carboxylic acids is 1. The van der Waals surface area contributed by atoms with Crippen LogP contribution in [0.3, 0.4) is 0 Å². The Morgan fingerprint density at radius 2 is 2.07 bits per heavy atom. The molecule has 0 spiro atoms. The van der Waals surface area contributed by atoms with E-state index in [1.54, 1.807) is 19.9 Å². The third kappa shape index (κ3) is 1.92. The van der Waals surface area contributed by atoms with Crippen molar-refractivity contribution in [2.75, 3.05) is 0 Å². The molecule has 0 saturated heterocycles. The van der Waals surface area contributed by atoms with E-state index < -0.39 is 5.63 Å². The fraction of sp³-hybridized carbons (Fsp3) is 0.455. The second-order valence-electron chi connectivity index (χ2n) is 3.19. The molecular formula is C11H14O3. The van der Waals surface area contributed by atoms with E-state index in [0.29, 0.717) is 24.2 Å². The lowest BCUT2D eigenvalue weighted by Crippen LogP contribution is -2.16. The van der Waals surface area contributed by atoms with Crippen LogP contribution in [0.2, 0.25) is 0 Å². The Kier molecular flexibility index (Phi) is 3.23. The van der Waals surface area contributed by atoms with Gasteiger partial charge in [0.1, 0.15) is 11.3 Å². The summed E-state index contributed by atoms with van der Waals surface area (Å²) in [6.07, 6.45) is 0.994. The standard InChI is InChI=1S/C11H14O3/c1-4-8-6-7(3)10(9(12)5-2)11(13)14-8/h6H,4-5H2,1-3H3. The van der Waals surface area contributed by atoms with Crippen molar-refractivity contribution in [1.29, 1.82) is 0 Å². The zero-order chi connectivity index (χ0) is 10.7. The van der Waals surface area contributed by atoms with E-state index in [1.165, 1.54) is 0 Å². The number of hydrogen-bond donors (Lipinski definition) is 0. The van der Waals surface area contributed by atoms with Crippen LogP contribution in [0.4, 0.5) is 0 Å². The molecule has 0 fully saturated rings. The molecule has 0 radical (unpaired) electrons. The summed E-state index contributed by atoms with van der Waals surface area (Å²) in [5.74, 6) is 0.471. The van der Waals surface area contributed by atoms with Gasteiger partial charge in [0.2, 0.25) is 0 Å². The lowest BCUT2D eigenvalue weighted by molar-refractivity contribution is 0.0983. The zero-order valence-corrected chi connectivity index (χ0v) is 8.72. The van der Waals surface area contributed by atoms with E-state index in [0.717, 1.165) is 0 Å². The van der Waals surface area contributed by atoms with Gasteiger partial charge >= 0.3 is 5.63 Å². The molecule has 1 rings (SSSR count). The normalized spacial score (nSPS) is 10.2. The summed E-state index contributed by atoms with van der Waals surface area (Å²) in [5.41, 5.74) is 0.406. The Hall–Kier alpha value is -1.38. The molecule has 3 nitrogen and oxygen atoms in total. The van der Waals surface area contributed by atoms with Crippen LogP contribution >= 0.6 is 0 Å². The maximum Gasteiger partial charge on any atom is 0.347 e. The summed E-state index contributed by atoms with van der Waals surface area (Å²) < 4.78 is 4.98. The minimum absolute atomic E-state index is 0.154. The van der Waals surface area contributed by atoms with Crippen LogP contribution in [0, 0.1) is 6.92 Å². The van der Waals surface area contributed by atoms with Crippen LogP contribution in [-0.2, 0) is 6.42 Å². The van der Waals surface area contributed by atoms with Gasteiger partial charge in [-0.25, -0.2) is 4.79 Å². The fourth-order valence-electron chi connectivity index (χ4n) is 1.36. The monoisotopic (exact) mass is 194 g/mol. The van der Waals surface area contributed by atoms with Gasteiger partial charge in [0.15, 0.2) is 5.78 Å². The topological polar surface area (TPSA) is 47.3 Å². The molecule has 14 heavy (non-hydrogen) atoms. The summed E-state index contributed by atoms with van der Waals surface area (Å²) in [7, 11) is 0. The average molecular weight is 194 g/mol. The van der Waals surface area contributed by atoms with Crippen LogP contribution in [-0.4, -0.2) is 5.78 Å². The molecule has 1 heterocycles. The highest BCUT2D eigenvalue weighted by atomic mass is 16.4. The zero-order valence-electron chi connectivity index (χ0n) is 8.72. The summed E-state index contributed by atoms with van der Waals surface area (Å²) in [5, 5.41) is 0. The van der Waals surface area contributed by atoms with E-state index in [4.69, 9.17) is 4.42 Å². The molecular weight excluding hydrogens is 180 g/mol. The van der Waals surface area contributed by atoms with Crippen molar-refractivity contribution >= 4 is 5.78 Å². The van der Waals surface area contributed by atoms with Crippen LogP contribution in [0.1, 0.15) is 41.9 Å². The molecule has 0 aliphatic carbocycles. The molecule has 0 aliphatic heterocycles. The third-order valence-electron chi connectivity index (χ3n) is 2.15. The van der Waals surface area contributed by atoms with Gasteiger partial charge in [0.05, 0.1) is 0 Å². The molecule has 0 bridgehead atoms. The Balaban J connectivity index is 3.33. The average Bonchev–Trinajstić information content (AvgIpc) is 2.16. The van der Waals surface area contributed by atoms with E-state index in [1.807, 2.05) is 6.92 Å².